The zero-order valence-electron chi connectivity index (χ0n) is 11.8. The first kappa shape index (κ1) is 13.5. The molecule has 0 atom stereocenters. The molecule has 0 spiro atoms. The van der Waals surface area contributed by atoms with Gasteiger partial charge in [-0.25, -0.2) is 4.98 Å². The van der Waals surface area contributed by atoms with Gasteiger partial charge in [-0.15, -0.1) is 0 Å². The van der Waals surface area contributed by atoms with Gasteiger partial charge >= 0.3 is 0 Å². The Morgan fingerprint density at radius 2 is 2.05 bits per heavy atom. The quantitative estimate of drug-likeness (QED) is 0.883. The monoisotopic (exact) mass is 274 g/mol. The van der Waals surface area contributed by atoms with E-state index in [2.05, 4.69) is 20.2 Å². The van der Waals surface area contributed by atoms with Gasteiger partial charge in [0.25, 0.3) is 5.91 Å². The third-order valence-electron chi connectivity index (χ3n) is 4.38. The molecule has 1 N–H and O–H groups in total. The number of amides is 1. The highest BCUT2D eigenvalue weighted by molar-refractivity contribution is 5.91. The van der Waals surface area contributed by atoms with Crippen molar-refractivity contribution in [2.75, 3.05) is 26.2 Å². The van der Waals surface area contributed by atoms with Crippen LogP contribution >= 0.6 is 0 Å². The third-order valence-corrected chi connectivity index (χ3v) is 4.38. The van der Waals surface area contributed by atoms with Crippen molar-refractivity contribution in [3.05, 3.63) is 24.3 Å². The summed E-state index contributed by atoms with van der Waals surface area (Å²) in [7, 11) is 0. The molecule has 0 bridgehead atoms. The van der Waals surface area contributed by atoms with Gasteiger partial charge in [0.1, 0.15) is 5.69 Å². The smallest absolute Gasteiger partial charge is 0.271 e. The molecule has 2 heterocycles. The van der Waals surface area contributed by atoms with E-state index in [4.69, 9.17) is 0 Å². The molecule has 2 fully saturated rings. The van der Waals surface area contributed by atoms with Crippen LogP contribution in [0.5, 0.6) is 0 Å². The Kier molecular flexibility index (Phi) is 3.96. The second kappa shape index (κ2) is 5.87. The molecule has 3 rings (SSSR count). The summed E-state index contributed by atoms with van der Waals surface area (Å²) in [6.45, 7) is 4.34. The van der Waals surface area contributed by atoms with Crippen LogP contribution in [0, 0.1) is 5.41 Å². The van der Waals surface area contributed by atoms with E-state index in [0.29, 0.717) is 11.1 Å². The average Bonchev–Trinajstić information content (AvgIpc) is 3.27. The predicted octanol–water partition coefficient (Wildman–Crippen LogP) is 1.47. The van der Waals surface area contributed by atoms with Gasteiger partial charge in [-0.2, -0.15) is 0 Å². The Morgan fingerprint density at radius 3 is 2.70 bits per heavy atom. The zero-order chi connectivity index (χ0) is 13.8. The maximum atomic E-state index is 12.0. The number of piperidine rings is 1. The molecule has 108 valence electrons. The van der Waals surface area contributed by atoms with Crippen LogP contribution in [0.4, 0.5) is 0 Å². The summed E-state index contributed by atoms with van der Waals surface area (Å²) in [6, 6.07) is 0. The van der Waals surface area contributed by atoms with Crippen molar-refractivity contribution >= 4 is 5.91 Å². The predicted molar refractivity (Wildman–Crippen MR) is 76.3 cm³/mol. The van der Waals surface area contributed by atoms with E-state index in [1.54, 1.807) is 12.4 Å². The highest BCUT2D eigenvalue weighted by Crippen LogP contribution is 2.46. The Hall–Kier alpha value is -1.49. The number of carbonyl (C=O) groups is 1. The molecule has 0 radical (unpaired) electrons. The van der Waals surface area contributed by atoms with Gasteiger partial charge in [-0.3, -0.25) is 9.78 Å². The van der Waals surface area contributed by atoms with Crippen LogP contribution in [-0.2, 0) is 0 Å². The molecule has 1 aromatic heterocycles. The van der Waals surface area contributed by atoms with Gasteiger partial charge in [0.15, 0.2) is 0 Å². The molecule has 5 nitrogen and oxygen atoms in total. The minimum atomic E-state index is -0.108. The van der Waals surface area contributed by atoms with Gasteiger partial charge in [-0.1, -0.05) is 6.42 Å². The van der Waals surface area contributed by atoms with E-state index in [1.807, 2.05) is 0 Å². The van der Waals surface area contributed by atoms with E-state index in [1.165, 1.54) is 51.4 Å². The number of nitrogens with one attached hydrogen (secondary N) is 1. The van der Waals surface area contributed by atoms with E-state index < -0.39 is 0 Å². The molecule has 2 aliphatic rings. The molecule has 1 saturated heterocycles. The fourth-order valence-electron chi connectivity index (χ4n) is 2.93. The highest BCUT2D eigenvalue weighted by atomic mass is 16.1. The lowest BCUT2D eigenvalue weighted by atomic mass is 10.0. The van der Waals surface area contributed by atoms with E-state index in [9.17, 15) is 4.79 Å². The fraction of sp³-hybridized carbons (Fsp3) is 0.667. The molecule has 0 unspecified atom stereocenters. The van der Waals surface area contributed by atoms with E-state index in [0.717, 1.165) is 13.1 Å². The summed E-state index contributed by atoms with van der Waals surface area (Å²) in [4.78, 5) is 22.5. The highest BCUT2D eigenvalue weighted by Gasteiger charge is 2.44. The van der Waals surface area contributed by atoms with Gasteiger partial charge in [0.05, 0.1) is 6.20 Å². The van der Waals surface area contributed by atoms with Crippen molar-refractivity contribution in [3.8, 4) is 0 Å². The second-order valence-electron chi connectivity index (χ2n) is 6.11. The van der Waals surface area contributed by atoms with E-state index >= 15 is 0 Å². The first-order valence-electron chi connectivity index (χ1n) is 7.54. The summed E-state index contributed by atoms with van der Waals surface area (Å²) in [6.07, 6.45) is 11.1. The van der Waals surface area contributed by atoms with Crippen molar-refractivity contribution in [2.24, 2.45) is 5.41 Å². The summed E-state index contributed by atoms with van der Waals surface area (Å²) >= 11 is 0. The van der Waals surface area contributed by atoms with Gasteiger partial charge in [-0.05, 0) is 38.8 Å². The molecule has 1 saturated carbocycles. The van der Waals surface area contributed by atoms with Crippen LogP contribution < -0.4 is 5.32 Å². The molecule has 1 aromatic rings. The first-order chi connectivity index (χ1) is 9.77. The Labute approximate surface area is 119 Å². The fourth-order valence-corrected chi connectivity index (χ4v) is 2.93. The lowest BCUT2D eigenvalue weighted by Crippen LogP contribution is -2.40. The largest absolute Gasteiger partial charge is 0.350 e. The number of hydrogen-bond acceptors (Lipinski definition) is 4. The zero-order valence-corrected chi connectivity index (χ0v) is 11.8. The number of carbonyl (C=O) groups excluding carboxylic acids is 1. The maximum Gasteiger partial charge on any atom is 0.271 e. The van der Waals surface area contributed by atoms with Crippen molar-refractivity contribution < 1.29 is 4.79 Å². The number of likely N-dealkylation sites (tertiary alicyclic amines) is 1. The number of nitrogens with zero attached hydrogens (tertiary/aromatic N) is 3. The van der Waals surface area contributed by atoms with Gasteiger partial charge in [0, 0.05) is 30.9 Å². The lowest BCUT2D eigenvalue weighted by Gasteiger charge is -2.30. The second-order valence-corrected chi connectivity index (χ2v) is 6.11. The van der Waals surface area contributed by atoms with Crippen molar-refractivity contribution in [3.63, 3.8) is 0 Å². The minimum Gasteiger partial charge on any atom is -0.350 e. The number of hydrogen-bond donors (Lipinski definition) is 1. The van der Waals surface area contributed by atoms with Crippen LogP contribution in [0.2, 0.25) is 0 Å². The standard InChI is InChI=1S/C15H22N4O/c20-14(13-10-16-6-7-17-13)18-11-15(4-5-15)12-19-8-2-1-3-9-19/h6-7,10H,1-5,8-9,11-12H2,(H,18,20). The Bertz CT molecular complexity index is 452. The van der Waals surface area contributed by atoms with Crippen molar-refractivity contribution in [2.45, 2.75) is 32.1 Å². The Balaban J connectivity index is 1.49. The van der Waals surface area contributed by atoms with Crippen LogP contribution in [0.25, 0.3) is 0 Å². The molecule has 5 heteroatoms. The molecule has 1 amide bonds. The van der Waals surface area contributed by atoms with Crippen LogP contribution in [0.1, 0.15) is 42.6 Å². The summed E-state index contributed by atoms with van der Waals surface area (Å²) in [5.74, 6) is -0.108. The van der Waals surface area contributed by atoms with Crippen LogP contribution in [0.15, 0.2) is 18.6 Å². The third kappa shape index (κ3) is 3.33. The van der Waals surface area contributed by atoms with Crippen LogP contribution in [0.3, 0.4) is 0 Å². The summed E-state index contributed by atoms with van der Waals surface area (Å²) in [5, 5.41) is 3.02. The summed E-state index contributed by atoms with van der Waals surface area (Å²) in [5.41, 5.74) is 0.719. The van der Waals surface area contributed by atoms with E-state index in [-0.39, 0.29) is 5.91 Å². The average molecular weight is 274 g/mol. The first-order valence-corrected chi connectivity index (χ1v) is 7.54. The molecule has 1 aliphatic heterocycles. The molecule has 1 aliphatic carbocycles. The molecule has 20 heavy (non-hydrogen) atoms. The molecule has 0 aromatic carbocycles. The van der Waals surface area contributed by atoms with Crippen molar-refractivity contribution in [1.82, 2.24) is 20.2 Å². The van der Waals surface area contributed by atoms with Crippen LogP contribution in [-0.4, -0.2) is 47.0 Å². The SMILES string of the molecule is O=C(NCC1(CN2CCCCC2)CC1)c1cnccn1. The molecular weight excluding hydrogens is 252 g/mol. The normalized spacial score (nSPS) is 21.4. The van der Waals surface area contributed by atoms with Gasteiger partial charge < -0.3 is 10.2 Å². The number of rotatable bonds is 5. The van der Waals surface area contributed by atoms with Crippen molar-refractivity contribution in [1.29, 1.82) is 0 Å². The number of aromatic nitrogens is 2. The topological polar surface area (TPSA) is 58.1 Å². The summed E-state index contributed by atoms with van der Waals surface area (Å²) < 4.78 is 0. The maximum absolute atomic E-state index is 12.0. The van der Waals surface area contributed by atoms with Gasteiger partial charge in [0.2, 0.25) is 0 Å². The lowest BCUT2D eigenvalue weighted by molar-refractivity contribution is 0.0930. The Morgan fingerprint density at radius 1 is 1.25 bits per heavy atom. The molecular formula is C15H22N4O. The minimum absolute atomic E-state index is 0.108.